The molecule has 0 bridgehead atoms. The van der Waals surface area contributed by atoms with Gasteiger partial charge >= 0.3 is 0 Å². The van der Waals surface area contributed by atoms with Crippen molar-refractivity contribution in [2.24, 2.45) is 5.73 Å². The van der Waals surface area contributed by atoms with Gasteiger partial charge in [0.05, 0.1) is 24.0 Å². The van der Waals surface area contributed by atoms with Gasteiger partial charge in [-0.05, 0) is 12.1 Å². The number of fused-ring (bicyclic) bond motifs is 1. The summed E-state index contributed by atoms with van der Waals surface area (Å²) in [6.45, 7) is 0.883. The third kappa shape index (κ3) is 2.27. The number of carbonyl (C=O) groups is 1. The predicted octanol–water partition coefficient (Wildman–Crippen LogP) is 1.20. The van der Waals surface area contributed by atoms with E-state index in [1.165, 1.54) is 0 Å². The molecular formula is C14H14N4O. The minimum absolute atomic E-state index is 0.0959. The van der Waals surface area contributed by atoms with Crippen molar-refractivity contribution in [3.63, 3.8) is 0 Å². The van der Waals surface area contributed by atoms with Gasteiger partial charge in [0.1, 0.15) is 5.82 Å². The van der Waals surface area contributed by atoms with Crippen LogP contribution in [-0.2, 0) is 17.6 Å². The lowest BCUT2D eigenvalue weighted by Crippen LogP contribution is -2.16. The zero-order chi connectivity index (χ0) is 13.2. The molecule has 3 rings (SSSR count). The first-order valence-corrected chi connectivity index (χ1v) is 6.20. The van der Waals surface area contributed by atoms with Crippen LogP contribution in [0, 0.1) is 0 Å². The Balaban J connectivity index is 1.92. The molecule has 0 radical (unpaired) electrons. The molecule has 2 N–H and O–H groups in total. The topological polar surface area (TPSA) is 72.1 Å². The van der Waals surface area contributed by atoms with Crippen molar-refractivity contribution in [2.75, 3.05) is 11.4 Å². The van der Waals surface area contributed by atoms with E-state index in [9.17, 15) is 4.79 Å². The minimum atomic E-state index is -0.405. The molecule has 0 unspecified atom stereocenters. The largest absolute Gasteiger partial charge is 0.369 e. The lowest BCUT2D eigenvalue weighted by Gasteiger charge is -2.18. The molecule has 1 aromatic heterocycles. The zero-order valence-electron chi connectivity index (χ0n) is 10.4. The summed E-state index contributed by atoms with van der Waals surface area (Å²) >= 11 is 0. The van der Waals surface area contributed by atoms with Crippen molar-refractivity contribution in [2.45, 2.75) is 12.8 Å². The van der Waals surface area contributed by atoms with Crippen LogP contribution in [0.3, 0.4) is 0 Å². The van der Waals surface area contributed by atoms with E-state index in [4.69, 9.17) is 5.73 Å². The van der Waals surface area contributed by atoms with E-state index in [-0.39, 0.29) is 6.42 Å². The first kappa shape index (κ1) is 11.6. The molecule has 96 valence electrons. The molecule has 1 amide bonds. The Bertz CT molecular complexity index is 612. The molecule has 5 heteroatoms. The monoisotopic (exact) mass is 254 g/mol. The Morgan fingerprint density at radius 3 is 2.84 bits per heavy atom. The molecule has 0 aliphatic carbocycles. The van der Waals surface area contributed by atoms with Crippen LogP contribution in [0.4, 0.5) is 11.4 Å². The number of nitrogens with zero attached hydrogens (tertiary/aromatic N) is 3. The SMILES string of the molecule is NC(=O)Cc1ncc2c(n1)CCN2c1ccccc1. The smallest absolute Gasteiger partial charge is 0.225 e. The van der Waals surface area contributed by atoms with Crippen molar-refractivity contribution in [1.29, 1.82) is 0 Å². The van der Waals surface area contributed by atoms with E-state index in [0.29, 0.717) is 5.82 Å². The summed E-state index contributed by atoms with van der Waals surface area (Å²) in [7, 11) is 0. The molecule has 1 aromatic carbocycles. The Kier molecular flexibility index (Phi) is 2.87. The van der Waals surface area contributed by atoms with Crippen LogP contribution in [0.5, 0.6) is 0 Å². The van der Waals surface area contributed by atoms with Gasteiger partial charge in [0.2, 0.25) is 5.91 Å². The third-order valence-electron chi connectivity index (χ3n) is 3.16. The lowest BCUT2D eigenvalue weighted by atomic mass is 10.3. The Labute approximate surface area is 111 Å². The highest BCUT2D eigenvalue weighted by molar-refractivity contribution is 5.76. The van der Waals surface area contributed by atoms with Gasteiger partial charge in [-0.2, -0.15) is 0 Å². The van der Waals surface area contributed by atoms with Crippen LogP contribution in [0.15, 0.2) is 36.5 Å². The number of benzene rings is 1. The second-order valence-corrected chi connectivity index (χ2v) is 4.50. The van der Waals surface area contributed by atoms with Crippen LogP contribution in [0.25, 0.3) is 0 Å². The van der Waals surface area contributed by atoms with Gasteiger partial charge in [-0.15, -0.1) is 0 Å². The third-order valence-corrected chi connectivity index (χ3v) is 3.16. The number of nitrogens with two attached hydrogens (primary N) is 1. The van der Waals surface area contributed by atoms with Gasteiger partial charge in [0.15, 0.2) is 0 Å². The van der Waals surface area contributed by atoms with Gasteiger partial charge in [0, 0.05) is 18.7 Å². The van der Waals surface area contributed by atoms with Gasteiger partial charge in [-0.3, -0.25) is 4.79 Å². The van der Waals surface area contributed by atoms with Crippen molar-refractivity contribution < 1.29 is 4.79 Å². The highest BCUT2D eigenvalue weighted by Gasteiger charge is 2.22. The van der Waals surface area contributed by atoms with E-state index < -0.39 is 5.91 Å². The van der Waals surface area contributed by atoms with Crippen LogP contribution in [0.1, 0.15) is 11.5 Å². The molecule has 0 spiro atoms. The summed E-state index contributed by atoms with van der Waals surface area (Å²) < 4.78 is 0. The molecule has 2 heterocycles. The number of aromatic nitrogens is 2. The maximum absolute atomic E-state index is 10.9. The van der Waals surface area contributed by atoms with Crippen LogP contribution in [0.2, 0.25) is 0 Å². The highest BCUT2D eigenvalue weighted by Crippen LogP contribution is 2.32. The van der Waals surface area contributed by atoms with Crippen LogP contribution in [-0.4, -0.2) is 22.4 Å². The summed E-state index contributed by atoms with van der Waals surface area (Å²) in [5.41, 5.74) is 8.29. The van der Waals surface area contributed by atoms with E-state index in [0.717, 1.165) is 30.0 Å². The molecule has 19 heavy (non-hydrogen) atoms. The minimum Gasteiger partial charge on any atom is -0.369 e. The first-order valence-electron chi connectivity index (χ1n) is 6.20. The molecule has 0 saturated carbocycles. The molecule has 2 aromatic rings. The normalized spacial score (nSPS) is 13.4. The lowest BCUT2D eigenvalue weighted by molar-refractivity contribution is -0.117. The molecule has 0 atom stereocenters. The number of rotatable bonds is 3. The summed E-state index contributed by atoms with van der Waals surface area (Å²) in [6, 6.07) is 10.1. The molecule has 5 nitrogen and oxygen atoms in total. The Morgan fingerprint density at radius 2 is 2.11 bits per heavy atom. The summed E-state index contributed by atoms with van der Waals surface area (Å²) in [6.07, 6.45) is 2.73. The van der Waals surface area contributed by atoms with Gasteiger partial charge in [-0.25, -0.2) is 9.97 Å². The fraction of sp³-hybridized carbons (Fsp3) is 0.214. The number of primary amides is 1. The highest BCUT2D eigenvalue weighted by atomic mass is 16.1. The van der Waals surface area contributed by atoms with E-state index >= 15 is 0 Å². The molecule has 0 fully saturated rings. The second-order valence-electron chi connectivity index (χ2n) is 4.50. The van der Waals surface area contributed by atoms with E-state index in [1.807, 2.05) is 18.2 Å². The van der Waals surface area contributed by atoms with Crippen molar-refractivity contribution in [1.82, 2.24) is 9.97 Å². The zero-order valence-corrected chi connectivity index (χ0v) is 10.4. The van der Waals surface area contributed by atoms with Crippen LogP contribution < -0.4 is 10.6 Å². The van der Waals surface area contributed by atoms with Crippen LogP contribution >= 0.6 is 0 Å². The van der Waals surface area contributed by atoms with E-state index in [2.05, 4.69) is 27.0 Å². The number of para-hydroxylation sites is 1. The quantitative estimate of drug-likeness (QED) is 0.893. The number of amides is 1. The standard InChI is InChI=1S/C14H14N4O/c15-13(19)8-14-16-9-12-11(17-14)6-7-18(12)10-4-2-1-3-5-10/h1-5,9H,6-8H2,(H2,15,19). The van der Waals surface area contributed by atoms with Gasteiger partial charge in [-0.1, -0.05) is 18.2 Å². The maximum atomic E-state index is 10.9. The number of carbonyl (C=O) groups excluding carboxylic acids is 1. The van der Waals surface area contributed by atoms with Crippen molar-refractivity contribution >= 4 is 17.3 Å². The summed E-state index contributed by atoms with van der Waals surface area (Å²) in [5.74, 6) is 0.0963. The second kappa shape index (κ2) is 4.68. The average Bonchev–Trinajstić information content (AvgIpc) is 2.82. The Morgan fingerprint density at radius 1 is 1.32 bits per heavy atom. The van der Waals surface area contributed by atoms with Crippen molar-refractivity contribution in [3.05, 3.63) is 48.0 Å². The first-order chi connectivity index (χ1) is 9.24. The van der Waals surface area contributed by atoms with Crippen molar-refractivity contribution in [3.8, 4) is 0 Å². The molecule has 0 saturated heterocycles. The summed E-state index contributed by atoms with van der Waals surface area (Å²) in [5, 5.41) is 0. The van der Waals surface area contributed by atoms with Gasteiger partial charge < -0.3 is 10.6 Å². The molecule has 1 aliphatic rings. The molecule has 1 aliphatic heterocycles. The summed E-state index contributed by atoms with van der Waals surface area (Å²) in [4.78, 5) is 21.7. The van der Waals surface area contributed by atoms with Gasteiger partial charge in [0.25, 0.3) is 0 Å². The van der Waals surface area contributed by atoms with E-state index in [1.54, 1.807) is 6.20 Å². The fourth-order valence-corrected chi connectivity index (χ4v) is 2.32. The Hall–Kier alpha value is -2.43. The molecular weight excluding hydrogens is 240 g/mol. The maximum Gasteiger partial charge on any atom is 0.225 e. The number of hydrogen-bond acceptors (Lipinski definition) is 4. The number of hydrogen-bond donors (Lipinski definition) is 1. The average molecular weight is 254 g/mol. The number of anilines is 2. The fourth-order valence-electron chi connectivity index (χ4n) is 2.32. The predicted molar refractivity (Wildman–Crippen MR) is 72.1 cm³/mol.